The average molecular weight is 610 g/mol. The zero-order valence-electron chi connectivity index (χ0n) is 26.6. The molecule has 2 heterocycles. The lowest BCUT2D eigenvalue weighted by Crippen LogP contribution is -2.65. The minimum absolute atomic E-state index is 0.0583. The van der Waals surface area contributed by atoms with Crippen LogP contribution in [0.5, 0.6) is 0 Å². The van der Waals surface area contributed by atoms with Crippen LogP contribution in [0.15, 0.2) is 18.2 Å². The first-order valence-electron chi connectivity index (χ1n) is 16.5. The molecular weight excluding hydrogens is 561 g/mol. The van der Waals surface area contributed by atoms with E-state index in [1.165, 1.54) is 31.4 Å². The molecule has 4 atom stereocenters. The second-order valence-corrected chi connectivity index (χ2v) is 15.4. The van der Waals surface area contributed by atoms with Gasteiger partial charge >= 0.3 is 6.03 Å². The van der Waals surface area contributed by atoms with Gasteiger partial charge in [0.15, 0.2) is 0 Å². The van der Waals surface area contributed by atoms with Gasteiger partial charge in [-0.05, 0) is 98.7 Å². The van der Waals surface area contributed by atoms with Crippen LogP contribution in [0.2, 0.25) is 0 Å². The predicted octanol–water partition coefficient (Wildman–Crippen LogP) is 5.02. The Labute approximate surface area is 260 Å². The molecule has 9 nitrogen and oxygen atoms in total. The van der Waals surface area contributed by atoms with Gasteiger partial charge in [-0.1, -0.05) is 13.8 Å². The van der Waals surface area contributed by atoms with Crippen LogP contribution in [-0.4, -0.2) is 83.3 Å². The molecule has 4 bridgehead atoms. The summed E-state index contributed by atoms with van der Waals surface area (Å²) in [6, 6.07) is 3.84. The Hall–Kier alpha value is -3.17. The molecule has 44 heavy (non-hydrogen) atoms. The van der Waals surface area contributed by atoms with Crippen LogP contribution in [0.1, 0.15) is 95.3 Å². The standard InChI is InChI=1S/C34H48FN5O4/c1-23(41)38-11-7-24(8-12-38)15-29(42)39-9-4-10-40(14-13-39)30(43)26-5-6-28(27(35)16-26)36-31(44)37-34-19-25-17-32(2,21-34)20-33(3,18-25)22-34/h5-6,16,24-25H,4,7-15,17-22H2,1-3H3,(H2,36,37,44)/t25?,32-,33+,34?. The molecule has 1 aromatic carbocycles. The summed E-state index contributed by atoms with van der Waals surface area (Å²) < 4.78 is 15.2. The second-order valence-electron chi connectivity index (χ2n) is 15.4. The van der Waals surface area contributed by atoms with Crippen molar-refractivity contribution in [2.75, 3.05) is 44.6 Å². The maximum absolute atomic E-state index is 15.2. The smallest absolute Gasteiger partial charge is 0.319 e. The lowest BCUT2D eigenvalue weighted by molar-refractivity contribution is -0.133. The van der Waals surface area contributed by atoms with Crippen molar-refractivity contribution in [2.24, 2.45) is 22.7 Å². The first-order valence-corrected chi connectivity index (χ1v) is 16.5. The van der Waals surface area contributed by atoms with Crippen LogP contribution in [0, 0.1) is 28.5 Å². The number of amides is 5. The van der Waals surface area contributed by atoms with E-state index < -0.39 is 5.82 Å². The molecule has 0 radical (unpaired) electrons. The fourth-order valence-electron chi connectivity index (χ4n) is 10.1. The molecule has 1 aromatic rings. The zero-order chi connectivity index (χ0) is 31.3. The molecule has 2 unspecified atom stereocenters. The molecule has 2 saturated heterocycles. The zero-order valence-corrected chi connectivity index (χ0v) is 26.6. The summed E-state index contributed by atoms with van der Waals surface area (Å²) in [5.41, 5.74) is 0.549. The average Bonchev–Trinajstić information content (AvgIpc) is 3.18. The minimum atomic E-state index is -0.641. The first kappa shape index (κ1) is 30.8. The van der Waals surface area contributed by atoms with Gasteiger partial charge in [0, 0.05) is 63.7 Å². The number of nitrogens with one attached hydrogen (secondary N) is 2. The summed E-state index contributed by atoms with van der Waals surface area (Å²) in [6.07, 6.45) is 9.38. The number of halogens is 1. The number of nitrogens with zero attached hydrogens (tertiary/aromatic N) is 3. The third-order valence-electron chi connectivity index (χ3n) is 11.1. The fourth-order valence-corrected chi connectivity index (χ4v) is 10.1. The highest BCUT2D eigenvalue weighted by Crippen LogP contribution is 2.66. The Morgan fingerprint density at radius 3 is 2.16 bits per heavy atom. The summed E-state index contributed by atoms with van der Waals surface area (Å²) in [5.74, 6) is 0.163. The van der Waals surface area contributed by atoms with Gasteiger partial charge in [0.25, 0.3) is 5.91 Å². The molecule has 0 aromatic heterocycles. The highest BCUT2D eigenvalue weighted by Gasteiger charge is 2.60. The fraction of sp³-hybridized carbons (Fsp3) is 0.706. The summed E-state index contributed by atoms with van der Waals surface area (Å²) in [5, 5.41) is 5.96. The van der Waals surface area contributed by atoms with E-state index in [0.29, 0.717) is 58.0 Å². The van der Waals surface area contributed by atoms with Gasteiger partial charge in [-0.25, -0.2) is 9.18 Å². The molecular formula is C34H48FN5O4. The van der Waals surface area contributed by atoms with Crippen LogP contribution in [-0.2, 0) is 9.59 Å². The summed E-state index contributed by atoms with van der Waals surface area (Å²) in [4.78, 5) is 56.4. The van der Waals surface area contributed by atoms with E-state index in [9.17, 15) is 19.2 Å². The van der Waals surface area contributed by atoms with Crippen LogP contribution in [0.4, 0.5) is 14.9 Å². The Morgan fingerprint density at radius 2 is 1.52 bits per heavy atom. The van der Waals surface area contributed by atoms with Crippen LogP contribution in [0.25, 0.3) is 0 Å². The van der Waals surface area contributed by atoms with Gasteiger partial charge in [-0.15, -0.1) is 0 Å². The third-order valence-corrected chi connectivity index (χ3v) is 11.1. The number of hydrogen-bond donors (Lipinski definition) is 2. The largest absolute Gasteiger partial charge is 0.343 e. The van der Waals surface area contributed by atoms with E-state index in [-0.39, 0.29) is 57.3 Å². The van der Waals surface area contributed by atoms with Gasteiger partial charge < -0.3 is 25.3 Å². The van der Waals surface area contributed by atoms with E-state index in [2.05, 4.69) is 24.5 Å². The Bertz CT molecular complexity index is 1310. The number of likely N-dealkylation sites (tertiary alicyclic amines) is 1. The summed E-state index contributed by atoms with van der Waals surface area (Å²) in [6.45, 7) is 9.59. The quantitative estimate of drug-likeness (QED) is 0.490. The summed E-state index contributed by atoms with van der Waals surface area (Å²) >= 11 is 0. The normalized spacial score (nSPS) is 31.9. The number of rotatable bonds is 5. The van der Waals surface area contributed by atoms with E-state index in [1.807, 2.05) is 9.80 Å². The van der Waals surface area contributed by atoms with Crippen molar-refractivity contribution >= 4 is 29.4 Å². The Kier molecular flexibility index (Phi) is 8.16. The Morgan fingerprint density at radius 1 is 0.864 bits per heavy atom. The molecule has 6 fully saturated rings. The highest BCUT2D eigenvalue weighted by molar-refractivity contribution is 5.96. The molecule has 7 rings (SSSR count). The molecule has 5 amide bonds. The summed E-state index contributed by atoms with van der Waals surface area (Å²) in [7, 11) is 0. The number of hydrogen-bond acceptors (Lipinski definition) is 4. The SMILES string of the molecule is CC(=O)N1CCC(CC(=O)N2CCCN(C(=O)c3ccc(NC(=O)NC45CC6C[C@@](C)(C4)C[C@](C)(C6)C5)c(F)c3)CC2)CC1. The minimum Gasteiger partial charge on any atom is -0.343 e. The van der Waals surface area contributed by atoms with E-state index >= 15 is 4.39 Å². The molecule has 4 saturated carbocycles. The van der Waals surface area contributed by atoms with Gasteiger partial charge in [0.05, 0.1) is 5.69 Å². The van der Waals surface area contributed by atoms with Crippen molar-refractivity contribution < 1.29 is 23.6 Å². The van der Waals surface area contributed by atoms with E-state index in [1.54, 1.807) is 17.9 Å². The number of carbonyl (C=O) groups excluding carboxylic acids is 4. The second kappa shape index (κ2) is 11.6. The molecule has 6 aliphatic rings. The van der Waals surface area contributed by atoms with Gasteiger partial charge in [0.2, 0.25) is 11.8 Å². The number of carbonyl (C=O) groups is 4. The molecule has 240 valence electrons. The van der Waals surface area contributed by atoms with Crippen LogP contribution < -0.4 is 10.6 Å². The number of anilines is 1. The van der Waals surface area contributed by atoms with Gasteiger partial charge in [0.1, 0.15) is 5.82 Å². The maximum atomic E-state index is 15.2. The molecule has 4 aliphatic carbocycles. The molecule has 0 spiro atoms. The number of piperidine rings is 1. The molecule has 2 N–H and O–H groups in total. The lowest BCUT2D eigenvalue weighted by atomic mass is 9.43. The predicted molar refractivity (Wildman–Crippen MR) is 165 cm³/mol. The highest BCUT2D eigenvalue weighted by atomic mass is 19.1. The van der Waals surface area contributed by atoms with E-state index in [4.69, 9.17) is 0 Å². The first-order chi connectivity index (χ1) is 20.8. The van der Waals surface area contributed by atoms with Crippen molar-refractivity contribution in [3.05, 3.63) is 29.6 Å². The van der Waals surface area contributed by atoms with Crippen molar-refractivity contribution in [3.8, 4) is 0 Å². The van der Waals surface area contributed by atoms with Crippen molar-refractivity contribution in [2.45, 2.75) is 90.5 Å². The van der Waals surface area contributed by atoms with Gasteiger partial charge in [-0.2, -0.15) is 0 Å². The van der Waals surface area contributed by atoms with Crippen LogP contribution in [0.3, 0.4) is 0 Å². The topological polar surface area (TPSA) is 102 Å². The van der Waals surface area contributed by atoms with Crippen molar-refractivity contribution in [3.63, 3.8) is 0 Å². The molecule has 10 heteroatoms. The monoisotopic (exact) mass is 609 g/mol. The van der Waals surface area contributed by atoms with Crippen molar-refractivity contribution in [1.82, 2.24) is 20.0 Å². The van der Waals surface area contributed by atoms with Crippen LogP contribution >= 0.6 is 0 Å². The maximum Gasteiger partial charge on any atom is 0.319 e. The number of benzene rings is 1. The van der Waals surface area contributed by atoms with E-state index in [0.717, 1.165) is 32.1 Å². The third kappa shape index (κ3) is 6.45. The molecule has 2 aliphatic heterocycles. The Balaban J connectivity index is 1.01. The van der Waals surface area contributed by atoms with Gasteiger partial charge in [-0.3, -0.25) is 14.4 Å². The lowest BCUT2D eigenvalue weighted by Gasteiger charge is -2.65. The number of urea groups is 1. The van der Waals surface area contributed by atoms with Crippen molar-refractivity contribution in [1.29, 1.82) is 0 Å².